The summed E-state index contributed by atoms with van der Waals surface area (Å²) < 4.78 is 0. The fourth-order valence-electron chi connectivity index (χ4n) is 15.9. The van der Waals surface area contributed by atoms with Gasteiger partial charge in [-0.25, -0.2) is 0 Å². The van der Waals surface area contributed by atoms with Crippen molar-refractivity contribution < 1.29 is 0 Å². The number of nitrogens with zero attached hydrogens (tertiary/aromatic N) is 4. The van der Waals surface area contributed by atoms with Gasteiger partial charge in [0.25, 0.3) is 0 Å². The molecular formula is C118H100N4. The fourth-order valence-corrected chi connectivity index (χ4v) is 15.9. The van der Waals surface area contributed by atoms with Crippen LogP contribution in [0.25, 0.3) is 91.7 Å². The highest BCUT2D eigenvalue weighted by Gasteiger charge is 2.21. The molecule has 0 saturated carbocycles. The molecule has 4 heteroatoms. The molecule has 0 aliphatic carbocycles. The smallest absolute Gasteiger partial charge is 0.0462 e. The molecule has 18 aromatic rings. The lowest BCUT2D eigenvalue weighted by molar-refractivity contribution is 0.590. The van der Waals surface area contributed by atoms with Crippen molar-refractivity contribution in [3.8, 4) is 0 Å². The van der Waals surface area contributed by atoms with Crippen LogP contribution in [0.15, 0.2) is 413 Å². The number of rotatable bonds is 20. The molecular weight excluding hydrogens is 1470 g/mol. The summed E-state index contributed by atoms with van der Waals surface area (Å²) in [5, 5.41) is 9.88. The van der Waals surface area contributed by atoms with Crippen LogP contribution in [0.2, 0.25) is 0 Å². The lowest BCUT2D eigenvalue weighted by Crippen LogP contribution is -2.13. The Morgan fingerprint density at radius 2 is 0.320 bits per heavy atom. The third-order valence-electron chi connectivity index (χ3n) is 22.8. The number of hydrogen-bond donors (Lipinski definition) is 0. The summed E-state index contributed by atoms with van der Waals surface area (Å²) in [5.41, 5.74) is 28.3. The summed E-state index contributed by atoms with van der Waals surface area (Å²) in [6, 6.07) is 149. The maximum atomic E-state index is 2.32. The molecule has 592 valence electrons. The Hall–Kier alpha value is -14.8. The van der Waals surface area contributed by atoms with Crippen molar-refractivity contribution in [2.24, 2.45) is 0 Å². The second kappa shape index (κ2) is 35.8. The Labute approximate surface area is 720 Å². The van der Waals surface area contributed by atoms with Crippen LogP contribution in [0.1, 0.15) is 108 Å². The second-order valence-electron chi connectivity index (χ2n) is 33.8. The van der Waals surface area contributed by atoms with E-state index in [9.17, 15) is 0 Å². The van der Waals surface area contributed by atoms with Crippen molar-refractivity contribution >= 4 is 160 Å². The van der Waals surface area contributed by atoms with Gasteiger partial charge in [0.1, 0.15) is 0 Å². The lowest BCUT2D eigenvalue weighted by atomic mass is 9.87. The van der Waals surface area contributed by atoms with Crippen molar-refractivity contribution in [3.63, 3.8) is 0 Å². The van der Waals surface area contributed by atoms with E-state index in [1.165, 1.54) is 87.6 Å². The van der Waals surface area contributed by atoms with Gasteiger partial charge in [0, 0.05) is 68.2 Å². The molecule has 0 aliphatic heterocycles. The van der Waals surface area contributed by atoms with Crippen LogP contribution in [0.5, 0.6) is 0 Å². The van der Waals surface area contributed by atoms with E-state index >= 15 is 0 Å². The van der Waals surface area contributed by atoms with Crippen molar-refractivity contribution in [2.45, 2.75) is 66.2 Å². The first-order valence-electron chi connectivity index (χ1n) is 42.3. The highest BCUT2D eigenvalue weighted by Crippen LogP contribution is 2.42. The number of aryl methyl sites for hydroxylation is 2. The monoisotopic (exact) mass is 1570 g/mol. The maximum Gasteiger partial charge on any atom is 0.0462 e. The molecule has 0 N–H and O–H groups in total. The quantitative estimate of drug-likeness (QED) is 0.0557. The molecule has 0 atom stereocenters. The minimum absolute atomic E-state index is 0.107. The molecule has 0 bridgehead atoms. The van der Waals surface area contributed by atoms with Gasteiger partial charge in [-0.15, -0.1) is 0 Å². The highest BCUT2D eigenvalue weighted by molar-refractivity contribution is 6.02. The van der Waals surface area contributed by atoms with Crippen LogP contribution < -0.4 is 19.6 Å². The summed E-state index contributed by atoms with van der Waals surface area (Å²) in [6.45, 7) is 17.8. The first-order valence-corrected chi connectivity index (χ1v) is 42.3. The van der Waals surface area contributed by atoms with E-state index in [4.69, 9.17) is 0 Å². The van der Waals surface area contributed by atoms with E-state index in [0.717, 1.165) is 90.5 Å². The Morgan fingerprint density at radius 3 is 0.516 bits per heavy atom. The maximum absolute atomic E-state index is 2.32. The van der Waals surface area contributed by atoms with E-state index in [-0.39, 0.29) is 10.8 Å². The van der Waals surface area contributed by atoms with Crippen molar-refractivity contribution in [1.82, 2.24) is 0 Å². The minimum Gasteiger partial charge on any atom is -0.311 e. The molecule has 0 saturated heterocycles. The van der Waals surface area contributed by atoms with Crippen LogP contribution in [-0.2, 0) is 10.8 Å². The third kappa shape index (κ3) is 19.0. The molecule has 4 nitrogen and oxygen atoms in total. The molecule has 0 amide bonds. The topological polar surface area (TPSA) is 13.0 Å². The second-order valence-corrected chi connectivity index (χ2v) is 33.8. The average molecular weight is 1570 g/mol. The van der Waals surface area contributed by atoms with Gasteiger partial charge >= 0.3 is 0 Å². The molecule has 18 rings (SSSR count). The first kappa shape index (κ1) is 79.6. The van der Waals surface area contributed by atoms with Crippen molar-refractivity contribution in [1.29, 1.82) is 0 Å². The Bertz CT molecular complexity index is 6330. The van der Waals surface area contributed by atoms with E-state index in [1.54, 1.807) is 0 Å². The molecule has 18 aromatic carbocycles. The van der Waals surface area contributed by atoms with Gasteiger partial charge in [-0.05, 0) is 318 Å². The van der Waals surface area contributed by atoms with Gasteiger partial charge in [0.2, 0.25) is 0 Å². The summed E-state index contributed by atoms with van der Waals surface area (Å²) in [4.78, 5) is 9.23. The summed E-state index contributed by atoms with van der Waals surface area (Å²) >= 11 is 0. The highest BCUT2D eigenvalue weighted by atomic mass is 15.2. The molecule has 122 heavy (non-hydrogen) atoms. The van der Waals surface area contributed by atoms with E-state index in [2.05, 4.69) is 536 Å². The summed E-state index contributed by atoms with van der Waals surface area (Å²) in [5.74, 6) is 0. The van der Waals surface area contributed by atoms with Gasteiger partial charge in [-0.1, -0.05) is 320 Å². The van der Waals surface area contributed by atoms with Crippen molar-refractivity contribution in [3.05, 3.63) is 479 Å². The van der Waals surface area contributed by atoms with E-state index < -0.39 is 0 Å². The van der Waals surface area contributed by atoms with Crippen molar-refractivity contribution in [2.75, 3.05) is 19.6 Å². The number of anilines is 12. The Morgan fingerprint density at radius 1 is 0.156 bits per heavy atom. The Kier molecular flexibility index (Phi) is 23.3. The van der Waals surface area contributed by atoms with Crippen LogP contribution in [0.3, 0.4) is 0 Å². The zero-order valence-electron chi connectivity index (χ0n) is 70.7. The SMILES string of the molecule is CC(C)(C)c1ccc(N(c2ccccc2)c2ccc(/C=C\c3ccc4cc5cc(/C=C\c6ccc(N(c7ccccc7)c7ccc(C(C)(C)C)cc7)cc6)ccc5cc4c3)cc2)cc1.Cc1ccc(N(c2ccccc2)c2ccc(/C=C\c3ccc4cc5cc(/C=C\c6ccc(N(c7ccccc7)c7ccc(C)cc7)cc6)ccc5cc4c3)cc2)cc1. The molecule has 0 heterocycles. The minimum atomic E-state index is 0.107. The van der Waals surface area contributed by atoms with E-state index in [1.807, 2.05) is 0 Å². The molecule has 0 radical (unpaired) electrons. The van der Waals surface area contributed by atoms with Crippen LogP contribution >= 0.6 is 0 Å². The molecule has 0 aliphatic rings. The largest absolute Gasteiger partial charge is 0.311 e. The average Bonchev–Trinajstić information content (AvgIpc) is 0.811. The van der Waals surface area contributed by atoms with Gasteiger partial charge in [-0.2, -0.15) is 0 Å². The number of para-hydroxylation sites is 4. The predicted molar refractivity (Wildman–Crippen MR) is 530 cm³/mol. The Balaban J connectivity index is 0.000000174. The number of benzene rings is 18. The van der Waals surface area contributed by atoms with E-state index in [0.29, 0.717) is 0 Å². The van der Waals surface area contributed by atoms with Gasteiger partial charge in [-0.3, -0.25) is 0 Å². The first-order chi connectivity index (χ1) is 59.5. The molecule has 0 aromatic heterocycles. The van der Waals surface area contributed by atoms with Crippen LogP contribution in [0, 0.1) is 13.8 Å². The zero-order chi connectivity index (χ0) is 83.5. The summed E-state index contributed by atoms with van der Waals surface area (Å²) in [6.07, 6.45) is 17.6. The fraction of sp³-hybridized carbons (Fsp3) is 0.0847. The standard InChI is InChI=1S/C62H56N2.C56H44N2/c1-61(2,3)53-29-37-59(38-30-53)63(55-13-9-7-10-14-55)57-33-23-45(24-34-57)17-19-47-21-27-49-44-52-42-48(22-28-50(52)43-51(49)41-47)20-18-46-25-35-58(36-26-46)64(56-15-11-8-12-16-56)60-39-31-54(32-40-60)62(4,5)6;1-41-13-29-53(30-14-41)57(51-9-5-3-6-10-51)55-33-23-43(24-34-55)17-19-45-21-27-47-40-50-38-46(22-28-48(50)39-49(47)37-45)20-18-44-25-35-56(36-26-44)58(52-11-7-4-8-12-52)54-31-15-42(2)16-32-54/h7-44H,1-6H3;3-40H,1-2H3/b2*19-17-,20-18-. The number of fused-ring (bicyclic) bond motifs is 4. The molecule has 0 unspecified atom stereocenters. The zero-order valence-corrected chi connectivity index (χ0v) is 70.7. The normalized spacial score (nSPS) is 11.8. The predicted octanol–water partition coefficient (Wildman–Crippen LogP) is 33.8. The molecule has 0 fully saturated rings. The van der Waals surface area contributed by atoms with Gasteiger partial charge in [0.05, 0.1) is 0 Å². The lowest BCUT2D eigenvalue weighted by Gasteiger charge is -2.27. The van der Waals surface area contributed by atoms with Gasteiger partial charge < -0.3 is 19.6 Å². The summed E-state index contributed by atoms with van der Waals surface area (Å²) in [7, 11) is 0. The van der Waals surface area contributed by atoms with Crippen LogP contribution in [0.4, 0.5) is 68.2 Å². The van der Waals surface area contributed by atoms with Crippen LogP contribution in [-0.4, -0.2) is 0 Å². The molecule has 0 spiro atoms. The van der Waals surface area contributed by atoms with Gasteiger partial charge in [0.15, 0.2) is 0 Å². The third-order valence-corrected chi connectivity index (χ3v) is 22.8. The number of hydrogen-bond acceptors (Lipinski definition) is 4.